The average molecular weight is 236 g/mol. The number of hydrogen-bond donors (Lipinski definition) is 1. The number of nitrogens with one attached hydrogen (secondary N) is 1. The van der Waals surface area contributed by atoms with Gasteiger partial charge in [-0.05, 0) is 19.3 Å². The molecule has 1 heterocycles. The molecule has 0 unspecified atom stereocenters. The smallest absolute Gasteiger partial charge is 0.313 e. The summed E-state index contributed by atoms with van der Waals surface area (Å²) in [6.45, 7) is 1.73. The fourth-order valence-electron chi connectivity index (χ4n) is 2.06. The van der Waals surface area contributed by atoms with Crippen molar-refractivity contribution in [3.8, 4) is 0 Å². The van der Waals surface area contributed by atoms with Crippen molar-refractivity contribution in [1.29, 1.82) is 0 Å². The Morgan fingerprint density at radius 1 is 1.47 bits per heavy atom. The molecule has 0 bridgehead atoms. The summed E-state index contributed by atoms with van der Waals surface area (Å²) in [4.78, 5) is 37.0. The summed E-state index contributed by atoms with van der Waals surface area (Å²) in [6, 6.07) is 0. The normalized spacial score (nSPS) is 15.6. The third kappa shape index (κ3) is 2.38. The minimum absolute atomic E-state index is 0.0539. The molecule has 2 rings (SSSR count). The van der Waals surface area contributed by atoms with Gasteiger partial charge in [0.1, 0.15) is 0 Å². The summed E-state index contributed by atoms with van der Waals surface area (Å²) in [6.07, 6.45) is 5.64. The van der Waals surface area contributed by atoms with Crippen LogP contribution in [-0.2, 0) is 6.54 Å². The van der Waals surface area contributed by atoms with Crippen molar-refractivity contribution in [3.05, 3.63) is 32.6 Å². The number of carbonyl (C=O) groups excluding carboxylic acids is 1. The lowest BCUT2D eigenvalue weighted by Gasteiger charge is -2.25. The van der Waals surface area contributed by atoms with Gasteiger partial charge in [0.2, 0.25) is 0 Å². The van der Waals surface area contributed by atoms with E-state index in [4.69, 9.17) is 0 Å². The lowest BCUT2D eigenvalue weighted by molar-refractivity contribution is 0.101. The van der Waals surface area contributed by atoms with Crippen molar-refractivity contribution in [3.63, 3.8) is 0 Å². The zero-order chi connectivity index (χ0) is 12.4. The van der Waals surface area contributed by atoms with E-state index in [0.29, 0.717) is 12.5 Å². The fraction of sp³-hybridized carbons (Fsp3) is 0.583. The minimum atomic E-state index is -0.472. The molecule has 0 spiro atoms. The average Bonchev–Trinajstić information content (AvgIpc) is 2.19. The first-order valence-electron chi connectivity index (χ1n) is 5.93. The summed E-state index contributed by atoms with van der Waals surface area (Å²) in [5.41, 5.74) is -0.849. The first-order valence-corrected chi connectivity index (χ1v) is 5.93. The summed E-state index contributed by atoms with van der Waals surface area (Å²) < 4.78 is 1.13. The van der Waals surface area contributed by atoms with Gasteiger partial charge in [0.05, 0.1) is 5.56 Å². The Bertz CT molecular complexity index is 537. The first kappa shape index (κ1) is 11.8. The van der Waals surface area contributed by atoms with E-state index in [9.17, 15) is 14.4 Å². The number of ketones is 1. The number of nitrogens with zero attached hydrogens (tertiary/aromatic N) is 1. The largest absolute Gasteiger partial charge is 0.328 e. The van der Waals surface area contributed by atoms with Gasteiger partial charge in [-0.2, -0.15) is 0 Å². The van der Waals surface area contributed by atoms with Gasteiger partial charge in [-0.25, -0.2) is 4.79 Å². The summed E-state index contributed by atoms with van der Waals surface area (Å²) >= 11 is 0. The number of aromatic amines is 1. The fourth-order valence-corrected chi connectivity index (χ4v) is 2.06. The molecular weight excluding hydrogens is 220 g/mol. The molecule has 1 saturated carbocycles. The van der Waals surface area contributed by atoms with Crippen molar-refractivity contribution < 1.29 is 4.79 Å². The van der Waals surface area contributed by atoms with E-state index in [1.807, 2.05) is 0 Å². The van der Waals surface area contributed by atoms with Crippen LogP contribution in [0.2, 0.25) is 0 Å². The van der Waals surface area contributed by atoms with Crippen molar-refractivity contribution in [1.82, 2.24) is 9.55 Å². The van der Waals surface area contributed by atoms with Crippen molar-refractivity contribution in [2.45, 2.75) is 39.2 Å². The number of H-pyrrole nitrogens is 1. The van der Waals surface area contributed by atoms with Crippen LogP contribution in [0.4, 0.5) is 0 Å². The maximum Gasteiger partial charge on any atom is 0.328 e. The zero-order valence-corrected chi connectivity index (χ0v) is 9.86. The van der Waals surface area contributed by atoms with Crippen LogP contribution in [0.3, 0.4) is 0 Å². The SMILES string of the molecule is CC(=O)c1c[nH]c(=O)n(CCC2CCC2)c1=O. The van der Waals surface area contributed by atoms with E-state index >= 15 is 0 Å². The van der Waals surface area contributed by atoms with Crippen LogP contribution in [-0.4, -0.2) is 15.3 Å². The highest BCUT2D eigenvalue weighted by Gasteiger charge is 2.18. The number of Topliss-reactive ketones (excluding diaryl/α,β-unsaturated/α-hetero) is 1. The summed E-state index contributed by atoms with van der Waals surface area (Å²) in [5, 5.41) is 0. The third-order valence-corrected chi connectivity index (χ3v) is 3.43. The highest BCUT2D eigenvalue weighted by molar-refractivity contribution is 5.93. The predicted molar refractivity (Wildman–Crippen MR) is 63.3 cm³/mol. The molecular formula is C12H16N2O3. The van der Waals surface area contributed by atoms with Gasteiger partial charge in [0.25, 0.3) is 5.56 Å². The van der Waals surface area contributed by atoms with Crippen LogP contribution < -0.4 is 11.2 Å². The van der Waals surface area contributed by atoms with E-state index in [0.717, 1.165) is 11.0 Å². The zero-order valence-electron chi connectivity index (χ0n) is 9.86. The highest BCUT2D eigenvalue weighted by atomic mass is 16.2. The van der Waals surface area contributed by atoms with E-state index in [2.05, 4.69) is 4.98 Å². The Kier molecular flexibility index (Phi) is 3.26. The molecule has 0 aliphatic heterocycles. The lowest BCUT2D eigenvalue weighted by atomic mass is 9.83. The topological polar surface area (TPSA) is 71.9 Å². The standard InChI is InChI=1S/C12H16N2O3/c1-8(15)10-7-13-12(17)14(11(10)16)6-5-9-3-2-4-9/h7,9H,2-6H2,1H3,(H,13,17). The van der Waals surface area contributed by atoms with E-state index in [1.54, 1.807) is 0 Å². The second kappa shape index (κ2) is 4.69. The number of aromatic nitrogens is 2. The molecule has 1 N–H and O–H groups in total. The number of carbonyl (C=O) groups is 1. The molecule has 1 aliphatic carbocycles. The number of rotatable bonds is 4. The van der Waals surface area contributed by atoms with E-state index in [-0.39, 0.29) is 11.3 Å². The molecule has 0 saturated heterocycles. The number of hydrogen-bond acceptors (Lipinski definition) is 3. The second-order valence-corrected chi connectivity index (χ2v) is 4.61. The molecule has 5 heteroatoms. The van der Waals surface area contributed by atoms with Crippen molar-refractivity contribution in [2.24, 2.45) is 5.92 Å². The summed E-state index contributed by atoms with van der Waals surface area (Å²) in [5.74, 6) is 0.311. The molecule has 0 aromatic carbocycles. The molecule has 1 aromatic heterocycles. The van der Waals surface area contributed by atoms with Gasteiger partial charge >= 0.3 is 5.69 Å². The van der Waals surface area contributed by atoms with Crippen LogP contribution >= 0.6 is 0 Å². The van der Waals surface area contributed by atoms with Crippen LogP contribution in [0.5, 0.6) is 0 Å². The monoisotopic (exact) mass is 236 g/mol. The van der Waals surface area contributed by atoms with Crippen LogP contribution in [0.15, 0.2) is 15.8 Å². The molecule has 17 heavy (non-hydrogen) atoms. The molecule has 1 fully saturated rings. The van der Waals surface area contributed by atoms with Gasteiger partial charge in [-0.3, -0.25) is 14.2 Å². The third-order valence-electron chi connectivity index (χ3n) is 3.43. The Labute approximate surface area is 98.5 Å². The van der Waals surface area contributed by atoms with Crippen LogP contribution in [0.1, 0.15) is 43.0 Å². The summed E-state index contributed by atoms with van der Waals surface area (Å²) in [7, 11) is 0. The quantitative estimate of drug-likeness (QED) is 0.790. The Morgan fingerprint density at radius 3 is 2.71 bits per heavy atom. The molecule has 92 valence electrons. The highest BCUT2D eigenvalue weighted by Crippen LogP contribution is 2.29. The van der Waals surface area contributed by atoms with E-state index < -0.39 is 11.2 Å². The molecule has 5 nitrogen and oxygen atoms in total. The van der Waals surface area contributed by atoms with Crippen LogP contribution in [0, 0.1) is 5.92 Å². The Hall–Kier alpha value is -1.65. The van der Waals surface area contributed by atoms with Gasteiger partial charge in [-0.15, -0.1) is 0 Å². The van der Waals surface area contributed by atoms with Crippen molar-refractivity contribution >= 4 is 5.78 Å². The van der Waals surface area contributed by atoms with Gasteiger partial charge in [0, 0.05) is 12.7 Å². The first-order chi connectivity index (χ1) is 8.09. The maximum absolute atomic E-state index is 11.9. The Morgan fingerprint density at radius 2 is 2.18 bits per heavy atom. The van der Waals surface area contributed by atoms with Crippen LogP contribution in [0.25, 0.3) is 0 Å². The molecule has 0 radical (unpaired) electrons. The van der Waals surface area contributed by atoms with Gasteiger partial charge in [-0.1, -0.05) is 19.3 Å². The molecule has 0 amide bonds. The van der Waals surface area contributed by atoms with Gasteiger partial charge < -0.3 is 4.98 Å². The Balaban J connectivity index is 2.25. The van der Waals surface area contributed by atoms with E-state index in [1.165, 1.54) is 32.4 Å². The molecule has 0 atom stereocenters. The molecule has 1 aliphatic rings. The maximum atomic E-state index is 11.9. The lowest BCUT2D eigenvalue weighted by Crippen LogP contribution is -2.38. The predicted octanol–water partition coefficient (Wildman–Crippen LogP) is 0.929. The van der Waals surface area contributed by atoms with Gasteiger partial charge in [0.15, 0.2) is 5.78 Å². The second-order valence-electron chi connectivity index (χ2n) is 4.61. The van der Waals surface area contributed by atoms with Crippen molar-refractivity contribution in [2.75, 3.05) is 0 Å². The minimum Gasteiger partial charge on any atom is -0.313 e. The molecule has 1 aromatic rings.